The van der Waals surface area contributed by atoms with Crippen molar-refractivity contribution in [2.24, 2.45) is 0 Å². The molecule has 2 heteroatoms. The van der Waals surface area contributed by atoms with Crippen molar-refractivity contribution in [3.8, 4) is 0 Å². The summed E-state index contributed by atoms with van der Waals surface area (Å²) in [6.07, 6.45) is 1.69. The summed E-state index contributed by atoms with van der Waals surface area (Å²) in [6.45, 7) is 6.28. The van der Waals surface area contributed by atoms with E-state index in [1.807, 2.05) is 14.0 Å². The predicted molar refractivity (Wildman–Crippen MR) is 34.7 cm³/mol. The summed E-state index contributed by atoms with van der Waals surface area (Å²) in [4.78, 5) is 0. The first kappa shape index (κ1) is 7.50. The molecular formula is C6H13NO. The Morgan fingerprint density at radius 2 is 2.50 bits per heavy atom. The van der Waals surface area contributed by atoms with Crippen LogP contribution >= 0.6 is 0 Å². The van der Waals surface area contributed by atoms with Crippen LogP contribution in [0.4, 0.5) is 0 Å². The quantitative estimate of drug-likeness (QED) is 0.546. The molecule has 0 bridgehead atoms. The lowest BCUT2D eigenvalue weighted by molar-refractivity contribution is 0.162. The molecule has 0 saturated heterocycles. The Balaban J connectivity index is 3.03. The normalized spacial score (nSPS) is 12.8. The van der Waals surface area contributed by atoms with Gasteiger partial charge in [0.2, 0.25) is 0 Å². The second-order valence-corrected chi connectivity index (χ2v) is 1.67. The molecular weight excluding hydrogens is 102 g/mol. The fourth-order valence-corrected chi connectivity index (χ4v) is 0.500. The van der Waals surface area contributed by atoms with Crippen molar-refractivity contribution in [1.82, 2.24) is 5.32 Å². The summed E-state index contributed by atoms with van der Waals surface area (Å²) in [5, 5.41) is 2.98. The zero-order chi connectivity index (χ0) is 6.41. The van der Waals surface area contributed by atoms with Crippen molar-refractivity contribution in [2.45, 2.75) is 13.0 Å². The van der Waals surface area contributed by atoms with Crippen LogP contribution in [-0.2, 0) is 4.74 Å². The molecule has 48 valence electrons. The van der Waals surface area contributed by atoms with Crippen LogP contribution in [0.5, 0.6) is 0 Å². The first-order chi connectivity index (χ1) is 3.81. The average Bonchev–Trinajstić information content (AvgIpc) is 1.68. The zero-order valence-corrected chi connectivity index (χ0v) is 5.48. The fourth-order valence-electron chi connectivity index (χ4n) is 0.500. The van der Waals surface area contributed by atoms with Crippen LogP contribution < -0.4 is 5.32 Å². The maximum absolute atomic E-state index is 4.98. The summed E-state index contributed by atoms with van der Waals surface area (Å²) in [5.74, 6) is 0. The van der Waals surface area contributed by atoms with Gasteiger partial charge in [0.05, 0.1) is 6.26 Å². The molecule has 0 fully saturated rings. The Labute approximate surface area is 50.5 Å². The van der Waals surface area contributed by atoms with Crippen molar-refractivity contribution < 1.29 is 4.74 Å². The van der Waals surface area contributed by atoms with Gasteiger partial charge in [-0.05, 0) is 14.0 Å². The Morgan fingerprint density at radius 3 is 2.88 bits per heavy atom. The summed E-state index contributed by atoms with van der Waals surface area (Å²) < 4.78 is 4.98. The third-order valence-electron chi connectivity index (χ3n) is 0.820. The Morgan fingerprint density at radius 1 is 1.88 bits per heavy atom. The minimum absolute atomic E-state index is 0.234. The third-order valence-corrected chi connectivity index (χ3v) is 0.820. The highest BCUT2D eigenvalue weighted by molar-refractivity contribution is 4.57. The van der Waals surface area contributed by atoms with Crippen LogP contribution in [0.1, 0.15) is 6.92 Å². The largest absolute Gasteiger partial charge is 0.498 e. The van der Waals surface area contributed by atoms with Crippen LogP contribution in [0, 0.1) is 0 Å². The molecule has 8 heavy (non-hydrogen) atoms. The van der Waals surface area contributed by atoms with Gasteiger partial charge in [0.15, 0.2) is 0 Å². The van der Waals surface area contributed by atoms with Gasteiger partial charge in [-0.2, -0.15) is 0 Å². The molecule has 0 aromatic rings. The van der Waals surface area contributed by atoms with Gasteiger partial charge in [-0.15, -0.1) is 0 Å². The van der Waals surface area contributed by atoms with Crippen molar-refractivity contribution in [3.05, 3.63) is 12.8 Å². The lowest BCUT2D eigenvalue weighted by atomic mass is 10.4. The van der Waals surface area contributed by atoms with E-state index in [1.165, 1.54) is 6.26 Å². The molecule has 0 saturated carbocycles. The van der Waals surface area contributed by atoms with Crippen molar-refractivity contribution in [1.29, 1.82) is 0 Å². The Hall–Kier alpha value is -0.500. The van der Waals surface area contributed by atoms with E-state index >= 15 is 0 Å². The lowest BCUT2D eigenvalue weighted by Gasteiger charge is -2.08. The van der Waals surface area contributed by atoms with Crippen molar-refractivity contribution in [2.75, 3.05) is 13.6 Å². The van der Waals surface area contributed by atoms with Gasteiger partial charge in [-0.1, -0.05) is 6.58 Å². The molecule has 0 aliphatic heterocycles. The Bertz CT molecular complexity index is 63.5. The van der Waals surface area contributed by atoms with Gasteiger partial charge in [-0.3, -0.25) is 0 Å². The number of ether oxygens (including phenoxy) is 1. The maximum atomic E-state index is 4.98. The summed E-state index contributed by atoms with van der Waals surface area (Å²) in [5.41, 5.74) is 0. The first-order valence-electron chi connectivity index (χ1n) is 2.72. The van der Waals surface area contributed by atoms with Crippen molar-refractivity contribution in [3.63, 3.8) is 0 Å². The van der Waals surface area contributed by atoms with Gasteiger partial charge in [0, 0.05) is 6.54 Å². The number of rotatable bonds is 4. The zero-order valence-electron chi connectivity index (χ0n) is 5.48. The van der Waals surface area contributed by atoms with Gasteiger partial charge in [0.25, 0.3) is 0 Å². The molecule has 1 N–H and O–H groups in total. The third kappa shape index (κ3) is 3.68. The minimum atomic E-state index is 0.234. The maximum Gasteiger partial charge on any atom is 0.107 e. The molecule has 2 nitrogen and oxygen atoms in total. The molecule has 1 unspecified atom stereocenters. The van der Waals surface area contributed by atoms with Gasteiger partial charge >= 0.3 is 0 Å². The molecule has 0 radical (unpaired) electrons. The number of hydrogen-bond donors (Lipinski definition) is 1. The highest BCUT2D eigenvalue weighted by atomic mass is 16.5. The van der Waals surface area contributed by atoms with Gasteiger partial charge in [-0.25, -0.2) is 0 Å². The smallest absolute Gasteiger partial charge is 0.107 e. The van der Waals surface area contributed by atoms with E-state index in [0.29, 0.717) is 0 Å². The van der Waals surface area contributed by atoms with Crippen LogP contribution in [0.25, 0.3) is 0 Å². The van der Waals surface area contributed by atoms with Crippen molar-refractivity contribution >= 4 is 0 Å². The first-order valence-corrected chi connectivity index (χ1v) is 2.72. The highest BCUT2D eigenvalue weighted by Crippen LogP contribution is 1.85. The number of hydrogen-bond acceptors (Lipinski definition) is 2. The molecule has 0 aromatic carbocycles. The number of nitrogens with one attached hydrogen (secondary N) is 1. The highest BCUT2D eigenvalue weighted by Gasteiger charge is 1.93. The van der Waals surface area contributed by atoms with Crippen LogP contribution in [0.15, 0.2) is 12.8 Å². The van der Waals surface area contributed by atoms with E-state index in [1.54, 1.807) is 0 Å². The average molecular weight is 115 g/mol. The topological polar surface area (TPSA) is 21.3 Å². The minimum Gasteiger partial charge on any atom is -0.498 e. The van der Waals surface area contributed by atoms with E-state index < -0.39 is 0 Å². The predicted octanol–water partition coefficient (Wildman–Crippen LogP) is 0.754. The standard InChI is InChI=1S/C6H13NO/c1-4-8-6(2)5-7-3/h4,6-7H,1,5H2,2-3H3. The fraction of sp³-hybridized carbons (Fsp3) is 0.667. The van der Waals surface area contributed by atoms with Gasteiger partial charge < -0.3 is 10.1 Å². The number of likely N-dealkylation sites (N-methyl/N-ethyl adjacent to an activating group) is 1. The summed E-state index contributed by atoms with van der Waals surface area (Å²) >= 11 is 0. The summed E-state index contributed by atoms with van der Waals surface area (Å²) in [7, 11) is 1.89. The van der Waals surface area contributed by atoms with E-state index in [2.05, 4.69) is 11.9 Å². The second kappa shape index (κ2) is 4.65. The molecule has 0 rings (SSSR count). The molecule has 0 aliphatic rings. The second-order valence-electron chi connectivity index (χ2n) is 1.67. The molecule has 1 atom stereocenters. The Kier molecular flexibility index (Phi) is 4.36. The van der Waals surface area contributed by atoms with E-state index in [0.717, 1.165) is 6.54 Å². The van der Waals surface area contributed by atoms with Gasteiger partial charge in [0.1, 0.15) is 6.10 Å². The van der Waals surface area contributed by atoms with Crippen LogP contribution in [0.2, 0.25) is 0 Å². The lowest BCUT2D eigenvalue weighted by Crippen LogP contribution is -2.21. The van der Waals surface area contributed by atoms with Crippen LogP contribution in [-0.4, -0.2) is 19.7 Å². The van der Waals surface area contributed by atoms with E-state index in [-0.39, 0.29) is 6.10 Å². The molecule has 0 aliphatic carbocycles. The van der Waals surface area contributed by atoms with E-state index in [9.17, 15) is 0 Å². The molecule has 0 amide bonds. The summed E-state index contributed by atoms with van der Waals surface area (Å²) in [6, 6.07) is 0. The molecule has 0 spiro atoms. The van der Waals surface area contributed by atoms with Crippen LogP contribution in [0.3, 0.4) is 0 Å². The molecule has 0 aromatic heterocycles. The monoisotopic (exact) mass is 115 g/mol. The molecule has 0 heterocycles. The SMILES string of the molecule is C=COC(C)CNC. The van der Waals surface area contributed by atoms with E-state index in [4.69, 9.17) is 4.74 Å².